The molecule has 0 saturated heterocycles. The molecule has 0 amide bonds. The molecule has 1 aromatic rings. The number of hydrogen-bond acceptors (Lipinski definition) is 2. The second-order valence-electron chi connectivity index (χ2n) is 5.34. The van der Waals surface area contributed by atoms with Crippen LogP contribution in [0.5, 0.6) is 0 Å². The summed E-state index contributed by atoms with van der Waals surface area (Å²) in [7, 11) is 1.45. The second kappa shape index (κ2) is 5.35. The van der Waals surface area contributed by atoms with Crippen LogP contribution >= 0.6 is 0 Å². The lowest BCUT2D eigenvalue weighted by atomic mass is 9.68. The molecule has 2 nitrogen and oxygen atoms in total. The van der Waals surface area contributed by atoms with Gasteiger partial charge in [-0.2, -0.15) is 0 Å². The van der Waals surface area contributed by atoms with E-state index in [1.165, 1.54) is 7.11 Å². The number of benzene rings is 1. The van der Waals surface area contributed by atoms with Crippen LogP contribution in [0.4, 0.5) is 0 Å². The molecule has 0 aliphatic carbocycles. The molecule has 94 valence electrons. The van der Waals surface area contributed by atoms with Crippen LogP contribution in [0, 0.1) is 11.3 Å². The molecule has 2 heteroatoms. The molecule has 1 aromatic carbocycles. The van der Waals surface area contributed by atoms with Crippen molar-refractivity contribution in [2.45, 2.75) is 33.6 Å². The fourth-order valence-corrected chi connectivity index (χ4v) is 1.97. The summed E-state index contributed by atoms with van der Waals surface area (Å²) in [4.78, 5) is 12.0. The summed E-state index contributed by atoms with van der Waals surface area (Å²) in [6.45, 7) is 8.51. The zero-order chi connectivity index (χ0) is 13.1. The van der Waals surface area contributed by atoms with Gasteiger partial charge in [0.05, 0.1) is 13.0 Å². The SMILES string of the molecule is COC(=O)C(c1ccccc1)C(C)(C)C(C)C. The van der Waals surface area contributed by atoms with E-state index in [0.717, 1.165) is 5.56 Å². The Morgan fingerprint density at radius 1 is 1.18 bits per heavy atom. The Morgan fingerprint density at radius 3 is 2.12 bits per heavy atom. The van der Waals surface area contributed by atoms with E-state index in [0.29, 0.717) is 5.92 Å². The largest absolute Gasteiger partial charge is 0.469 e. The first-order chi connectivity index (χ1) is 7.91. The minimum absolute atomic E-state index is 0.131. The first-order valence-electron chi connectivity index (χ1n) is 6.04. The van der Waals surface area contributed by atoms with Gasteiger partial charge in [-0.3, -0.25) is 4.79 Å². The Hall–Kier alpha value is -1.31. The normalized spacial score (nSPS) is 13.5. The Bertz CT molecular complexity index is 366. The molecule has 0 bridgehead atoms. The molecule has 0 aliphatic rings. The number of rotatable bonds is 4. The Balaban J connectivity index is 3.18. The molecule has 0 heterocycles. The van der Waals surface area contributed by atoms with Crippen LogP contribution in [0.15, 0.2) is 30.3 Å². The number of carbonyl (C=O) groups excluding carboxylic acids is 1. The fourth-order valence-electron chi connectivity index (χ4n) is 1.97. The molecular weight excluding hydrogens is 212 g/mol. The van der Waals surface area contributed by atoms with Crippen molar-refractivity contribution in [3.63, 3.8) is 0 Å². The van der Waals surface area contributed by atoms with Crippen LogP contribution < -0.4 is 0 Å². The van der Waals surface area contributed by atoms with E-state index >= 15 is 0 Å². The summed E-state index contributed by atoms with van der Waals surface area (Å²) in [5.74, 6) is 0.0235. The summed E-state index contributed by atoms with van der Waals surface area (Å²) < 4.78 is 4.96. The van der Waals surface area contributed by atoms with Gasteiger partial charge in [-0.25, -0.2) is 0 Å². The van der Waals surface area contributed by atoms with Gasteiger partial charge in [0.2, 0.25) is 0 Å². The molecule has 1 atom stereocenters. The number of esters is 1. The highest BCUT2D eigenvalue weighted by Crippen LogP contribution is 2.42. The predicted octanol–water partition coefficient (Wildman–Crippen LogP) is 3.63. The first-order valence-corrected chi connectivity index (χ1v) is 6.04. The van der Waals surface area contributed by atoms with E-state index in [4.69, 9.17) is 4.74 Å². The summed E-state index contributed by atoms with van der Waals surface area (Å²) in [6.07, 6.45) is 0. The van der Waals surface area contributed by atoms with Crippen LogP contribution in [-0.4, -0.2) is 13.1 Å². The lowest BCUT2D eigenvalue weighted by Crippen LogP contribution is -2.34. The third kappa shape index (κ3) is 2.87. The van der Waals surface area contributed by atoms with Gasteiger partial charge < -0.3 is 4.74 Å². The van der Waals surface area contributed by atoms with Gasteiger partial charge in [0.15, 0.2) is 0 Å². The smallest absolute Gasteiger partial charge is 0.313 e. The summed E-state index contributed by atoms with van der Waals surface area (Å²) >= 11 is 0. The molecule has 0 saturated carbocycles. The highest BCUT2D eigenvalue weighted by atomic mass is 16.5. The minimum atomic E-state index is -0.214. The number of hydrogen-bond donors (Lipinski definition) is 0. The monoisotopic (exact) mass is 234 g/mol. The maximum Gasteiger partial charge on any atom is 0.313 e. The molecule has 0 spiro atoms. The molecule has 0 fully saturated rings. The molecule has 1 rings (SSSR count). The van der Waals surface area contributed by atoms with Gasteiger partial charge >= 0.3 is 5.97 Å². The average molecular weight is 234 g/mol. The van der Waals surface area contributed by atoms with Gasteiger partial charge in [-0.1, -0.05) is 58.0 Å². The number of methoxy groups -OCH3 is 1. The van der Waals surface area contributed by atoms with E-state index in [2.05, 4.69) is 27.7 Å². The number of ether oxygens (including phenoxy) is 1. The van der Waals surface area contributed by atoms with Crippen molar-refractivity contribution in [3.8, 4) is 0 Å². The highest BCUT2D eigenvalue weighted by molar-refractivity contribution is 5.79. The molecule has 1 unspecified atom stereocenters. The van der Waals surface area contributed by atoms with Gasteiger partial charge in [-0.15, -0.1) is 0 Å². The lowest BCUT2D eigenvalue weighted by molar-refractivity contribution is -0.146. The fraction of sp³-hybridized carbons (Fsp3) is 0.533. The summed E-state index contributed by atoms with van der Waals surface area (Å²) in [5.41, 5.74) is 0.895. The third-order valence-electron chi connectivity index (χ3n) is 3.80. The Kier molecular flexibility index (Phi) is 4.33. The van der Waals surface area contributed by atoms with Crippen LogP contribution in [-0.2, 0) is 9.53 Å². The Morgan fingerprint density at radius 2 is 1.71 bits per heavy atom. The van der Waals surface area contributed by atoms with Crippen LogP contribution in [0.3, 0.4) is 0 Å². The van der Waals surface area contributed by atoms with Crippen LogP contribution in [0.25, 0.3) is 0 Å². The van der Waals surface area contributed by atoms with Crippen molar-refractivity contribution >= 4 is 5.97 Å². The van der Waals surface area contributed by atoms with Crippen LogP contribution in [0.1, 0.15) is 39.2 Å². The van der Waals surface area contributed by atoms with E-state index in [1.54, 1.807) is 0 Å². The maximum absolute atomic E-state index is 12.0. The van der Waals surface area contributed by atoms with Crippen molar-refractivity contribution < 1.29 is 9.53 Å². The van der Waals surface area contributed by atoms with Crippen molar-refractivity contribution in [3.05, 3.63) is 35.9 Å². The molecule has 17 heavy (non-hydrogen) atoms. The van der Waals surface area contributed by atoms with Gasteiger partial charge in [0.1, 0.15) is 0 Å². The van der Waals surface area contributed by atoms with Crippen LogP contribution in [0.2, 0.25) is 0 Å². The zero-order valence-corrected chi connectivity index (χ0v) is 11.4. The Labute approximate surface area is 104 Å². The van der Waals surface area contributed by atoms with E-state index in [1.807, 2.05) is 30.3 Å². The predicted molar refractivity (Wildman–Crippen MR) is 69.8 cm³/mol. The summed E-state index contributed by atoms with van der Waals surface area (Å²) in [6, 6.07) is 9.86. The van der Waals surface area contributed by atoms with Gasteiger partial charge in [0.25, 0.3) is 0 Å². The molecule has 0 radical (unpaired) electrons. The maximum atomic E-state index is 12.0. The van der Waals surface area contributed by atoms with E-state index < -0.39 is 0 Å². The molecule has 0 N–H and O–H groups in total. The average Bonchev–Trinajstić information content (AvgIpc) is 2.30. The van der Waals surface area contributed by atoms with E-state index in [9.17, 15) is 4.79 Å². The lowest BCUT2D eigenvalue weighted by Gasteiger charge is -2.36. The van der Waals surface area contributed by atoms with Crippen molar-refractivity contribution in [1.29, 1.82) is 0 Å². The van der Waals surface area contributed by atoms with Crippen molar-refractivity contribution in [2.24, 2.45) is 11.3 Å². The third-order valence-corrected chi connectivity index (χ3v) is 3.80. The quantitative estimate of drug-likeness (QED) is 0.744. The standard InChI is InChI=1S/C15H22O2/c1-11(2)15(3,4)13(14(16)17-5)12-9-7-6-8-10-12/h6-11,13H,1-5H3. The minimum Gasteiger partial charge on any atom is -0.469 e. The van der Waals surface area contributed by atoms with Crippen molar-refractivity contribution in [1.82, 2.24) is 0 Å². The molecule has 0 aliphatic heterocycles. The summed E-state index contributed by atoms with van der Waals surface area (Å²) in [5, 5.41) is 0. The zero-order valence-electron chi connectivity index (χ0n) is 11.4. The van der Waals surface area contributed by atoms with Gasteiger partial charge in [-0.05, 0) is 16.9 Å². The second-order valence-corrected chi connectivity index (χ2v) is 5.34. The topological polar surface area (TPSA) is 26.3 Å². The first kappa shape index (κ1) is 13.8. The molecule has 0 aromatic heterocycles. The van der Waals surface area contributed by atoms with Gasteiger partial charge in [0, 0.05) is 0 Å². The molecular formula is C15H22O2. The van der Waals surface area contributed by atoms with Crippen molar-refractivity contribution in [2.75, 3.05) is 7.11 Å². The number of carbonyl (C=O) groups is 1. The highest BCUT2D eigenvalue weighted by Gasteiger charge is 2.39. The van der Waals surface area contributed by atoms with E-state index in [-0.39, 0.29) is 17.3 Å².